The van der Waals surface area contributed by atoms with E-state index in [1.165, 1.54) is 0 Å². The summed E-state index contributed by atoms with van der Waals surface area (Å²) in [7, 11) is 0. The number of rotatable bonds is 9. The Hall–Kier alpha value is -0.370. The second kappa shape index (κ2) is 9.52. The third-order valence-electron chi connectivity index (χ3n) is 2.59. The number of aromatic nitrogens is 1. The molecule has 1 amide bonds. The van der Waals surface area contributed by atoms with Crippen LogP contribution in [-0.2, 0) is 0 Å². The first-order valence-electron chi connectivity index (χ1n) is 6.38. The monoisotopic (exact) mass is 394 g/mol. The van der Waals surface area contributed by atoms with Crippen LogP contribution in [0.15, 0.2) is 15.1 Å². The molecule has 0 aliphatic carbocycles. The van der Waals surface area contributed by atoms with Gasteiger partial charge in [0.2, 0.25) is 0 Å². The van der Waals surface area contributed by atoms with Crippen LogP contribution in [0.1, 0.15) is 29.8 Å². The van der Waals surface area contributed by atoms with Crippen molar-refractivity contribution < 1.29 is 4.79 Å². The van der Waals surface area contributed by atoms with Gasteiger partial charge >= 0.3 is 0 Å². The standard InChI is InChI=1S/C12H20Br2N4O/c13-9-8-10(18-11(9)14)12(19)17-7-2-1-5-16-6-3-4-15/h8,16,18H,1-7,15H2,(H,17,19). The Morgan fingerprint density at radius 3 is 2.53 bits per heavy atom. The van der Waals surface area contributed by atoms with E-state index in [0.717, 1.165) is 48.0 Å². The molecule has 108 valence electrons. The molecule has 0 aromatic carbocycles. The smallest absolute Gasteiger partial charge is 0.267 e. The summed E-state index contributed by atoms with van der Waals surface area (Å²) in [5.74, 6) is -0.0810. The van der Waals surface area contributed by atoms with Gasteiger partial charge in [-0.15, -0.1) is 0 Å². The number of nitrogens with one attached hydrogen (secondary N) is 3. The van der Waals surface area contributed by atoms with E-state index in [4.69, 9.17) is 5.73 Å². The van der Waals surface area contributed by atoms with Gasteiger partial charge in [0, 0.05) is 6.54 Å². The molecule has 0 aliphatic rings. The Morgan fingerprint density at radius 2 is 1.89 bits per heavy atom. The summed E-state index contributed by atoms with van der Waals surface area (Å²) < 4.78 is 1.63. The normalized spacial score (nSPS) is 10.7. The SMILES string of the molecule is NCCCNCCCCNC(=O)c1cc(Br)c(Br)[nH]1. The molecule has 5 nitrogen and oxygen atoms in total. The summed E-state index contributed by atoms with van der Waals surface area (Å²) >= 11 is 6.64. The van der Waals surface area contributed by atoms with Gasteiger partial charge in [-0.3, -0.25) is 4.79 Å². The zero-order valence-corrected chi connectivity index (χ0v) is 13.9. The number of nitrogens with two attached hydrogens (primary N) is 1. The van der Waals surface area contributed by atoms with E-state index in [-0.39, 0.29) is 5.91 Å². The lowest BCUT2D eigenvalue weighted by Crippen LogP contribution is -2.26. The minimum atomic E-state index is -0.0810. The molecule has 0 atom stereocenters. The molecule has 0 saturated carbocycles. The average molecular weight is 396 g/mol. The molecule has 0 unspecified atom stereocenters. The summed E-state index contributed by atoms with van der Waals surface area (Å²) in [6.07, 6.45) is 3.01. The number of halogens is 2. The maximum absolute atomic E-state index is 11.8. The van der Waals surface area contributed by atoms with Crippen molar-refractivity contribution in [1.82, 2.24) is 15.6 Å². The number of H-pyrrole nitrogens is 1. The van der Waals surface area contributed by atoms with Crippen LogP contribution in [0, 0.1) is 0 Å². The molecule has 0 fully saturated rings. The lowest BCUT2D eigenvalue weighted by molar-refractivity contribution is 0.0948. The molecule has 1 aromatic rings. The number of carbonyl (C=O) groups excluding carboxylic acids is 1. The number of unbranched alkanes of at least 4 members (excludes halogenated alkanes) is 1. The van der Waals surface area contributed by atoms with Crippen LogP contribution in [0.5, 0.6) is 0 Å². The van der Waals surface area contributed by atoms with Crippen molar-refractivity contribution in [1.29, 1.82) is 0 Å². The third kappa shape index (κ3) is 6.56. The van der Waals surface area contributed by atoms with Crippen molar-refractivity contribution in [3.63, 3.8) is 0 Å². The van der Waals surface area contributed by atoms with Gasteiger partial charge in [-0.05, 0) is 76.8 Å². The van der Waals surface area contributed by atoms with E-state index in [1.54, 1.807) is 6.07 Å². The molecule has 0 radical (unpaired) electrons. The second-order valence-corrected chi connectivity index (χ2v) is 5.85. The van der Waals surface area contributed by atoms with E-state index in [1.807, 2.05) is 0 Å². The quantitative estimate of drug-likeness (QED) is 0.482. The van der Waals surface area contributed by atoms with Gasteiger partial charge < -0.3 is 21.4 Å². The molecular formula is C12H20Br2N4O. The second-order valence-electron chi connectivity index (χ2n) is 4.20. The average Bonchev–Trinajstić information content (AvgIpc) is 2.73. The summed E-state index contributed by atoms with van der Waals surface area (Å²) in [5, 5.41) is 6.19. The van der Waals surface area contributed by atoms with Gasteiger partial charge in [-0.1, -0.05) is 0 Å². The first-order chi connectivity index (χ1) is 9.15. The van der Waals surface area contributed by atoms with Crippen molar-refractivity contribution in [2.24, 2.45) is 5.73 Å². The number of hydrogen-bond acceptors (Lipinski definition) is 3. The van der Waals surface area contributed by atoms with Crippen LogP contribution in [0.4, 0.5) is 0 Å². The van der Waals surface area contributed by atoms with E-state index in [9.17, 15) is 4.79 Å². The van der Waals surface area contributed by atoms with Crippen LogP contribution in [0.25, 0.3) is 0 Å². The maximum atomic E-state index is 11.8. The molecule has 1 rings (SSSR count). The predicted octanol–water partition coefficient (Wildman–Crippen LogP) is 1.99. The molecule has 1 aromatic heterocycles. The topological polar surface area (TPSA) is 82.9 Å². The van der Waals surface area contributed by atoms with Gasteiger partial charge in [0.25, 0.3) is 5.91 Å². The molecule has 0 saturated heterocycles. The van der Waals surface area contributed by atoms with Gasteiger partial charge in [-0.2, -0.15) is 0 Å². The summed E-state index contributed by atoms with van der Waals surface area (Å²) in [6, 6.07) is 1.76. The van der Waals surface area contributed by atoms with Gasteiger partial charge in [0.1, 0.15) is 5.69 Å². The van der Waals surface area contributed by atoms with Crippen molar-refractivity contribution in [3.8, 4) is 0 Å². The zero-order chi connectivity index (χ0) is 14.1. The van der Waals surface area contributed by atoms with Crippen LogP contribution in [-0.4, -0.2) is 37.1 Å². The highest BCUT2D eigenvalue weighted by molar-refractivity contribution is 9.13. The van der Waals surface area contributed by atoms with Crippen LogP contribution in [0.2, 0.25) is 0 Å². The first kappa shape index (κ1) is 16.7. The van der Waals surface area contributed by atoms with Crippen molar-refractivity contribution >= 4 is 37.8 Å². The van der Waals surface area contributed by atoms with E-state index >= 15 is 0 Å². The third-order valence-corrected chi connectivity index (χ3v) is 4.38. The van der Waals surface area contributed by atoms with Gasteiger partial charge in [0.05, 0.1) is 9.08 Å². The van der Waals surface area contributed by atoms with Crippen LogP contribution < -0.4 is 16.4 Å². The Labute approximate surface area is 130 Å². The van der Waals surface area contributed by atoms with Gasteiger partial charge in [0.15, 0.2) is 0 Å². The number of hydrogen-bond donors (Lipinski definition) is 4. The number of amides is 1. The van der Waals surface area contributed by atoms with Crippen molar-refractivity contribution in [2.75, 3.05) is 26.2 Å². The van der Waals surface area contributed by atoms with Crippen molar-refractivity contribution in [2.45, 2.75) is 19.3 Å². The van der Waals surface area contributed by atoms with Crippen LogP contribution in [0.3, 0.4) is 0 Å². The number of carbonyl (C=O) groups is 1. The minimum Gasteiger partial charge on any atom is -0.351 e. The predicted molar refractivity (Wildman–Crippen MR) is 84.3 cm³/mol. The highest BCUT2D eigenvalue weighted by atomic mass is 79.9. The molecule has 7 heteroatoms. The minimum absolute atomic E-state index is 0.0810. The lowest BCUT2D eigenvalue weighted by atomic mass is 10.3. The molecule has 19 heavy (non-hydrogen) atoms. The lowest BCUT2D eigenvalue weighted by Gasteiger charge is -2.05. The fourth-order valence-corrected chi connectivity index (χ4v) is 2.21. The highest BCUT2D eigenvalue weighted by Gasteiger charge is 2.09. The van der Waals surface area contributed by atoms with E-state index < -0.39 is 0 Å². The molecule has 0 spiro atoms. The maximum Gasteiger partial charge on any atom is 0.267 e. The van der Waals surface area contributed by atoms with Gasteiger partial charge in [-0.25, -0.2) is 0 Å². The molecular weight excluding hydrogens is 376 g/mol. The Bertz CT molecular complexity index is 376. The molecule has 5 N–H and O–H groups in total. The largest absolute Gasteiger partial charge is 0.351 e. The first-order valence-corrected chi connectivity index (χ1v) is 7.96. The highest BCUT2D eigenvalue weighted by Crippen LogP contribution is 2.22. The number of aromatic amines is 1. The summed E-state index contributed by atoms with van der Waals surface area (Å²) in [6.45, 7) is 3.35. The summed E-state index contributed by atoms with van der Waals surface area (Å²) in [5.41, 5.74) is 5.95. The Morgan fingerprint density at radius 1 is 1.21 bits per heavy atom. The van der Waals surface area contributed by atoms with E-state index in [2.05, 4.69) is 47.5 Å². The zero-order valence-electron chi connectivity index (χ0n) is 10.8. The Kier molecular flexibility index (Phi) is 8.36. The molecule has 0 aliphatic heterocycles. The van der Waals surface area contributed by atoms with Crippen LogP contribution >= 0.6 is 31.9 Å². The fourth-order valence-electron chi connectivity index (χ4n) is 1.55. The Balaban J connectivity index is 2.08. The van der Waals surface area contributed by atoms with E-state index in [0.29, 0.717) is 12.2 Å². The van der Waals surface area contributed by atoms with Crippen molar-refractivity contribution in [3.05, 3.63) is 20.8 Å². The molecule has 0 bridgehead atoms. The summed E-state index contributed by atoms with van der Waals surface area (Å²) in [4.78, 5) is 14.7. The molecule has 1 heterocycles. The fraction of sp³-hybridized carbons (Fsp3) is 0.583.